The lowest BCUT2D eigenvalue weighted by molar-refractivity contribution is 0.0500. The standard InChI is InChI=1S/C22H25NO7S/c1-5-6-11-29-22(24)21-14(2)30-18-9-7-15(12-17(18)21)23-31(25,26)20-13-16(27-3)8-10-19(20)28-4/h7-10,12-13,23H,5-6,11H2,1-4H3. The molecule has 1 heterocycles. The molecule has 31 heavy (non-hydrogen) atoms. The number of furan rings is 1. The number of carbonyl (C=O) groups excluding carboxylic acids is 1. The molecule has 0 atom stereocenters. The highest BCUT2D eigenvalue weighted by molar-refractivity contribution is 7.92. The monoisotopic (exact) mass is 447 g/mol. The Balaban J connectivity index is 1.97. The van der Waals surface area contributed by atoms with Gasteiger partial charge in [-0.05, 0) is 43.7 Å². The summed E-state index contributed by atoms with van der Waals surface area (Å²) in [6.45, 7) is 3.98. The van der Waals surface area contributed by atoms with Gasteiger partial charge in [-0.25, -0.2) is 13.2 Å². The minimum absolute atomic E-state index is 0.0722. The van der Waals surface area contributed by atoms with Crippen LogP contribution in [0.5, 0.6) is 11.5 Å². The van der Waals surface area contributed by atoms with Crippen LogP contribution in [-0.2, 0) is 14.8 Å². The van der Waals surface area contributed by atoms with E-state index in [0.29, 0.717) is 29.1 Å². The third kappa shape index (κ3) is 4.77. The summed E-state index contributed by atoms with van der Waals surface area (Å²) in [5.74, 6) is 0.457. The number of carbonyl (C=O) groups is 1. The summed E-state index contributed by atoms with van der Waals surface area (Å²) >= 11 is 0. The minimum Gasteiger partial charge on any atom is -0.497 e. The molecule has 0 aliphatic heterocycles. The molecule has 0 fully saturated rings. The van der Waals surface area contributed by atoms with E-state index in [4.69, 9.17) is 18.6 Å². The molecule has 3 aromatic rings. The highest BCUT2D eigenvalue weighted by Crippen LogP contribution is 2.32. The van der Waals surface area contributed by atoms with Gasteiger partial charge in [0.25, 0.3) is 10.0 Å². The third-order valence-electron chi connectivity index (χ3n) is 4.71. The van der Waals surface area contributed by atoms with E-state index in [1.54, 1.807) is 31.2 Å². The molecule has 0 aliphatic rings. The zero-order valence-electron chi connectivity index (χ0n) is 17.9. The molecule has 0 saturated heterocycles. The Hall–Kier alpha value is -3.20. The van der Waals surface area contributed by atoms with E-state index in [1.165, 1.54) is 26.4 Å². The summed E-state index contributed by atoms with van der Waals surface area (Å²) in [4.78, 5) is 12.5. The molecule has 1 aromatic heterocycles. The zero-order chi connectivity index (χ0) is 22.6. The molecule has 0 radical (unpaired) electrons. The van der Waals surface area contributed by atoms with E-state index >= 15 is 0 Å². The first-order valence-electron chi connectivity index (χ1n) is 9.75. The van der Waals surface area contributed by atoms with Crippen LogP contribution in [0.2, 0.25) is 0 Å². The number of anilines is 1. The number of hydrogen-bond acceptors (Lipinski definition) is 7. The van der Waals surface area contributed by atoms with Crippen molar-refractivity contribution in [3.63, 3.8) is 0 Å². The maximum absolute atomic E-state index is 13.0. The number of nitrogens with one attached hydrogen (secondary N) is 1. The van der Waals surface area contributed by atoms with Crippen LogP contribution in [0.25, 0.3) is 11.0 Å². The van der Waals surface area contributed by atoms with Crippen LogP contribution in [0.4, 0.5) is 5.69 Å². The Bertz CT molecular complexity index is 1200. The molecule has 0 bridgehead atoms. The average molecular weight is 448 g/mol. The number of aryl methyl sites for hydroxylation is 1. The Morgan fingerprint density at radius 2 is 1.87 bits per heavy atom. The van der Waals surface area contributed by atoms with Gasteiger partial charge in [-0.3, -0.25) is 4.72 Å². The molecule has 3 rings (SSSR count). The number of rotatable bonds is 9. The molecule has 0 spiro atoms. The molecular weight excluding hydrogens is 422 g/mol. The Morgan fingerprint density at radius 3 is 2.55 bits per heavy atom. The highest BCUT2D eigenvalue weighted by atomic mass is 32.2. The lowest BCUT2D eigenvalue weighted by Crippen LogP contribution is -2.14. The van der Waals surface area contributed by atoms with Crippen molar-refractivity contribution in [2.24, 2.45) is 0 Å². The van der Waals surface area contributed by atoms with E-state index in [9.17, 15) is 13.2 Å². The number of hydrogen-bond donors (Lipinski definition) is 1. The highest BCUT2D eigenvalue weighted by Gasteiger charge is 2.23. The Morgan fingerprint density at radius 1 is 1.10 bits per heavy atom. The van der Waals surface area contributed by atoms with Crippen LogP contribution < -0.4 is 14.2 Å². The molecule has 8 nitrogen and oxygen atoms in total. The fraction of sp³-hybridized carbons (Fsp3) is 0.318. The van der Waals surface area contributed by atoms with E-state index in [-0.39, 0.29) is 21.9 Å². The van der Waals surface area contributed by atoms with Gasteiger partial charge < -0.3 is 18.6 Å². The SMILES string of the molecule is CCCCOC(=O)c1c(C)oc2ccc(NS(=O)(=O)c3cc(OC)ccc3OC)cc12. The summed E-state index contributed by atoms with van der Waals surface area (Å²) in [6.07, 6.45) is 1.66. The number of methoxy groups -OCH3 is 2. The molecule has 9 heteroatoms. The first-order chi connectivity index (χ1) is 14.8. The van der Waals surface area contributed by atoms with Crippen molar-refractivity contribution in [3.05, 3.63) is 47.7 Å². The second kappa shape index (κ2) is 9.30. The quantitative estimate of drug-likeness (QED) is 0.380. The largest absolute Gasteiger partial charge is 0.497 e. The summed E-state index contributed by atoms with van der Waals surface area (Å²) in [6, 6.07) is 9.20. The molecule has 0 saturated carbocycles. The van der Waals surface area contributed by atoms with Gasteiger partial charge in [0.2, 0.25) is 0 Å². The maximum Gasteiger partial charge on any atom is 0.342 e. The first kappa shape index (κ1) is 22.5. The first-order valence-corrected chi connectivity index (χ1v) is 11.2. The molecule has 1 N–H and O–H groups in total. The van der Waals surface area contributed by atoms with Gasteiger partial charge in [-0.2, -0.15) is 0 Å². The van der Waals surface area contributed by atoms with Crippen LogP contribution in [0, 0.1) is 6.92 Å². The summed E-state index contributed by atoms with van der Waals surface area (Å²) < 4.78 is 49.8. The molecule has 166 valence electrons. The maximum atomic E-state index is 13.0. The minimum atomic E-state index is -4.00. The van der Waals surface area contributed by atoms with Crippen molar-refractivity contribution in [1.82, 2.24) is 0 Å². The van der Waals surface area contributed by atoms with Gasteiger partial charge in [0.05, 0.1) is 20.8 Å². The lowest BCUT2D eigenvalue weighted by atomic mass is 10.1. The molecule has 0 amide bonds. The normalized spacial score (nSPS) is 11.4. The van der Waals surface area contributed by atoms with Crippen molar-refractivity contribution < 1.29 is 31.8 Å². The predicted octanol–water partition coefficient (Wildman–Crippen LogP) is 4.52. The van der Waals surface area contributed by atoms with Crippen LogP contribution in [0.3, 0.4) is 0 Å². The molecule has 0 unspecified atom stereocenters. The summed E-state index contributed by atoms with van der Waals surface area (Å²) in [5.41, 5.74) is 1.01. The van der Waals surface area contributed by atoms with Crippen molar-refractivity contribution in [3.8, 4) is 11.5 Å². The van der Waals surface area contributed by atoms with Crippen molar-refractivity contribution in [2.45, 2.75) is 31.6 Å². The second-order valence-corrected chi connectivity index (χ2v) is 8.51. The van der Waals surface area contributed by atoms with Gasteiger partial charge in [0, 0.05) is 17.1 Å². The number of benzene rings is 2. The van der Waals surface area contributed by atoms with E-state index in [2.05, 4.69) is 4.72 Å². The van der Waals surface area contributed by atoms with Gasteiger partial charge in [0.15, 0.2) is 0 Å². The topological polar surface area (TPSA) is 104 Å². The van der Waals surface area contributed by atoms with E-state index in [0.717, 1.165) is 12.8 Å². The molecular formula is C22H25NO7S. The number of ether oxygens (including phenoxy) is 3. The van der Waals surface area contributed by atoms with Gasteiger partial charge in [0.1, 0.15) is 33.3 Å². The fourth-order valence-corrected chi connectivity index (χ4v) is 4.36. The number of esters is 1. The second-order valence-electron chi connectivity index (χ2n) is 6.86. The Labute approximate surface area is 181 Å². The number of sulfonamides is 1. The van der Waals surface area contributed by atoms with Crippen molar-refractivity contribution in [1.29, 1.82) is 0 Å². The molecule has 2 aromatic carbocycles. The van der Waals surface area contributed by atoms with Crippen molar-refractivity contribution >= 4 is 32.6 Å². The van der Waals surface area contributed by atoms with Crippen LogP contribution in [0.15, 0.2) is 45.7 Å². The summed E-state index contributed by atoms with van der Waals surface area (Å²) in [7, 11) is -1.17. The molecule has 0 aliphatic carbocycles. The summed E-state index contributed by atoms with van der Waals surface area (Å²) in [5, 5.41) is 0.469. The number of fused-ring (bicyclic) bond motifs is 1. The third-order valence-corrected chi connectivity index (χ3v) is 6.11. The van der Waals surface area contributed by atoms with Gasteiger partial charge >= 0.3 is 5.97 Å². The van der Waals surface area contributed by atoms with Crippen molar-refractivity contribution in [2.75, 3.05) is 25.5 Å². The van der Waals surface area contributed by atoms with Gasteiger partial charge in [-0.15, -0.1) is 0 Å². The van der Waals surface area contributed by atoms with Crippen LogP contribution in [-0.4, -0.2) is 35.2 Å². The van der Waals surface area contributed by atoms with E-state index in [1.807, 2.05) is 6.92 Å². The van der Waals surface area contributed by atoms with E-state index < -0.39 is 16.0 Å². The fourth-order valence-electron chi connectivity index (χ4n) is 3.12. The van der Waals surface area contributed by atoms with Crippen LogP contribution in [0.1, 0.15) is 35.9 Å². The van der Waals surface area contributed by atoms with Gasteiger partial charge in [-0.1, -0.05) is 13.3 Å². The predicted molar refractivity (Wildman–Crippen MR) is 116 cm³/mol. The lowest BCUT2D eigenvalue weighted by Gasteiger charge is -2.13. The smallest absolute Gasteiger partial charge is 0.342 e. The van der Waals surface area contributed by atoms with Crippen LogP contribution >= 0.6 is 0 Å². The number of unbranched alkanes of at least 4 members (excludes halogenated alkanes) is 1. The Kier molecular flexibility index (Phi) is 6.74. The average Bonchev–Trinajstić information content (AvgIpc) is 3.08. The zero-order valence-corrected chi connectivity index (χ0v) is 18.7.